The number of methoxy groups -OCH3 is 1. The van der Waals surface area contributed by atoms with Gasteiger partial charge in [0.15, 0.2) is 5.78 Å². The molecule has 0 saturated carbocycles. The van der Waals surface area contributed by atoms with Gasteiger partial charge in [-0.2, -0.15) is 0 Å². The Kier molecular flexibility index (Phi) is 6.64. The van der Waals surface area contributed by atoms with Crippen molar-refractivity contribution in [3.8, 4) is 5.75 Å². The number of benzene rings is 1. The molecule has 0 atom stereocenters. The van der Waals surface area contributed by atoms with E-state index in [1.807, 2.05) is 12.1 Å². The number of ketones is 1. The summed E-state index contributed by atoms with van der Waals surface area (Å²) in [7, 11) is 1.71. The molecule has 0 saturated heterocycles. The molecule has 2 nitrogen and oxygen atoms in total. The summed E-state index contributed by atoms with van der Waals surface area (Å²) < 4.78 is 5.27. The number of unbranched alkanes of at least 4 members (excludes halogenated alkanes) is 1. The maximum atomic E-state index is 11.9. The fourth-order valence-corrected chi connectivity index (χ4v) is 3.08. The summed E-state index contributed by atoms with van der Waals surface area (Å²) in [5, 5.41) is 0. The maximum Gasteiger partial charge on any atom is 0.163 e. The molecule has 0 N–H and O–H groups in total. The SMILES string of the molecule is CC/C(=C/C1=C(C)CCC1=O)CCCCc1cccc(OC)c1. The summed E-state index contributed by atoms with van der Waals surface area (Å²) in [5.41, 5.74) is 4.98. The van der Waals surface area contributed by atoms with Gasteiger partial charge < -0.3 is 4.74 Å². The number of aryl methyl sites for hydroxylation is 1. The van der Waals surface area contributed by atoms with E-state index >= 15 is 0 Å². The van der Waals surface area contributed by atoms with E-state index in [4.69, 9.17) is 4.74 Å². The van der Waals surface area contributed by atoms with Crippen molar-refractivity contribution in [1.82, 2.24) is 0 Å². The van der Waals surface area contributed by atoms with E-state index in [-0.39, 0.29) is 0 Å². The lowest BCUT2D eigenvalue weighted by Gasteiger charge is -2.07. The zero-order valence-corrected chi connectivity index (χ0v) is 14.7. The van der Waals surface area contributed by atoms with Crippen LogP contribution >= 0.6 is 0 Å². The molecule has 0 fully saturated rings. The average Bonchev–Trinajstić information content (AvgIpc) is 2.89. The molecule has 2 heteroatoms. The molecule has 0 unspecified atom stereocenters. The molecular formula is C21H28O2. The molecule has 1 aromatic carbocycles. The molecule has 0 radical (unpaired) electrons. The summed E-state index contributed by atoms with van der Waals surface area (Å²) in [6, 6.07) is 8.30. The Hall–Kier alpha value is -1.83. The Morgan fingerprint density at radius 1 is 1.26 bits per heavy atom. The Bertz CT molecular complexity index is 608. The van der Waals surface area contributed by atoms with Gasteiger partial charge in [-0.15, -0.1) is 0 Å². The van der Waals surface area contributed by atoms with Crippen LogP contribution in [-0.4, -0.2) is 12.9 Å². The lowest BCUT2D eigenvalue weighted by Crippen LogP contribution is -1.95. The van der Waals surface area contributed by atoms with E-state index in [9.17, 15) is 4.79 Å². The van der Waals surface area contributed by atoms with Crippen LogP contribution in [-0.2, 0) is 11.2 Å². The van der Waals surface area contributed by atoms with Crippen LogP contribution < -0.4 is 4.74 Å². The molecule has 2 rings (SSSR count). The average molecular weight is 312 g/mol. The highest BCUT2D eigenvalue weighted by atomic mass is 16.5. The zero-order chi connectivity index (χ0) is 16.7. The quantitative estimate of drug-likeness (QED) is 0.599. The summed E-state index contributed by atoms with van der Waals surface area (Å²) in [4.78, 5) is 11.9. The van der Waals surface area contributed by atoms with Crippen LogP contribution in [0.15, 0.2) is 47.1 Å². The van der Waals surface area contributed by atoms with Gasteiger partial charge in [0.25, 0.3) is 0 Å². The number of carbonyl (C=O) groups is 1. The van der Waals surface area contributed by atoms with Gasteiger partial charge in [-0.05, 0) is 63.1 Å². The first-order chi connectivity index (χ1) is 11.1. The van der Waals surface area contributed by atoms with Crippen LogP contribution in [0.4, 0.5) is 0 Å². The van der Waals surface area contributed by atoms with E-state index in [0.717, 1.165) is 49.8 Å². The summed E-state index contributed by atoms with van der Waals surface area (Å²) in [5.74, 6) is 1.25. The van der Waals surface area contributed by atoms with Crippen LogP contribution in [0.2, 0.25) is 0 Å². The predicted octanol–water partition coefficient (Wildman–Crippen LogP) is 5.42. The highest BCUT2D eigenvalue weighted by Crippen LogP contribution is 2.26. The molecule has 1 aliphatic carbocycles. The van der Waals surface area contributed by atoms with Gasteiger partial charge in [-0.3, -0.25) is 4.79 Å². The number of ether oxygens (including phenoxy) is 1. The number of hydrogen-bond acceptors (Lipinski definition) is 2. The van der Waals surface area contributed by atoms with Crippen LogP contribution in [0.1, 0.15) is 57.9 Å². The van der Waals surface area contributed by atoms with E-state index in [1.54, 1.807) is 7.11 Å². The molecule has 0 heterocycles. The molecule has 124 valence electrons. The molecular weight excluding hydrogens is 284 g/mol. The van der Waals surface area contributed by atoms with Gasteiger partial charge in [0.05, 0.1) is 7.11 Å². The highest BCUT2D eigenvalue weighted by Gasteiger charge is 2.18. The smallest absolute Gasteiger partial charge is 0.163 e. The fourth-order valence-electron chi connectivity index (χ4n) is 3.08. The maximum absolute atomic E-state index is 11.9. The molecule has 23 heavy (non-hydrogen) atoms. The second-order valence-corrected chi connectivity index (χ2v) is 6.33. The lowest BCUT2D eigenvalue weighted by atomic mass is 9.99. The minimum Gasteiger partial charge on any atom is -0.497 e. The van der Waals surface area contributed by atoms with E-state index in [2.05, 4.69) is 32.1 Å². The van der Waals surface area contributed by atoms with Gasteiger partial charge >= 0.3 is 0 Å². The monoisotopic (exact) mass is 312 g/mol. The molecule has 0 aromatic heterocycles. The first-order valence-electron chi connectivity index (χ1n) is 8.69. The Morgan fingerprint density at radius 2 is 2.09 bits per heavy atom. The summed E-state index contributed by atoms with van der Waals surface area (Å²) >= 11 is 0. The molecule has 0 bridgehead atoms. The molecule has 0 amide bonds. The van der Waals surface area contributed by atoms with Crippen molar-refractivity contribution in [2.45, 2.75) is 58.8 Å². The lowest BCUT2D eigenvalue weighted by molar-refractivity contribution is -0.114. The van der Waals surface area contributed by atoms with Crippen LogP contribution in [0.25, 0.3) is 0 Å². The third kappa shape index (κ3) is 5.09. The van der Waals surface area contributed by atoms with Crippen molar-refractivity contribution >= 4 is 5.78 Å². The third-order valence-electron chi connectivity index (χ3n) is 4.64. The second-order valence-electron chi connectivity index (χ2n) is 6.33. The standard InChI is InChI=1S/C21H28O2/c1-4-17(15-20-16(2)12-13-21(20)22)8-5-6-9-18-10-7-11-19(14-18)23-3/h7,10-11,14-15H,4-6,8-9,12-13H2,1-3H3/b17-15-. The van der Waals surface area contributed by atoms with Crippen LogP contribution in [0.3, 0.4) is 0 Å². The minimum atomic E-state index is 0.324. The third-order valence-corrected chi connectivity index (χ3v) is 4.64. The first kappa shape index (κ1) is 17.5. The Morgan fingerprint density at radius 3 is 2.74 bits per heavy atom. The molecule has 1 aromatic rings. The van der Waals surface area contributed by atoms with E-state index in [0.29, 0.717) is 12.2 Å². The van der Waals surface area contributed by atoms with Crippen LogP contribution in [0.5, 0.6) is 5.75 Å². The minimum absolute atomic E-state index is 0.324. The topological polar surface area (TPSA) is 26.3 Å². The van der Waals surface area contributed by atoms with Gasteiger partial charge in [0, 0.05) is 12.0 Å². The number of allylic oxidation sites excluding steroid dienone is 4. The van der Waals surface area contributed by atoms with Gasteiger partial charge in [-0.1, -0.05) is 36.3 Å². The van der Waals surface area contributed by atoms with Gasteiger partial charge in [0.1, 0.15) is 5.75 Å². The molecule has 1 aliphatic rings. The van der Waals surface area contributed by atoms with Crippen LogP contribution in [0, 0.1) is 0 Å². The predicted molar refractivity (Wildman–Crippen MR) is 95.9 cm³/mol. The molecule has 0 aliphatic heterocycles. The number of carbonyl (C=O) groups excluding carboxylic acids is 1. The fraction of sp³-hybridized carbons (Fsp3) is 0.476. The summed E-state index contributed by atoms with van der Waals surface area (Å²) in [6.45, 7) is 4.27. The van der Waals surface area contributed by atoms with Crippen molar-refractivity contribution in [3.05, 3.63) is 52.6 Å². The van der Waals surface area contributed by atoms with Crippen molar-refractivity contribution in [2.75, 3.05) is 7.11 Å². The number of rotatable bonds is 8. The highest BCUT2D eigenvalue weighted by molar-refractivity contribution is 6.01. The van der Waals surface area contributed by atoms with Gasteiger partial charge in [-0.25, -0.2) is 0 Å². The zero-order valence-electron chi connectivity index (χ0n) is 14.7. The number of hydrogen-bond donors (Lipinski definition) is 0. The first-order valence-corrected chi connectivity index (χ1v) is 8.69. The largest absolute Gasteiger partial charge is 0.497 e. The van der Waals surface area contributed by atoms with Crippen molar-refractivity contribution in [2.24, 2.45) is 0 Å². The van der Waals surface area contributed by atoms with E-state index in [1.165, 1.54) is 16.7 Å². The van der Waals surface area contributed by atoms with E-state index < -0.39 is 0 Å². The van der Waals surface area contributed by atoms with Crippen molar-refractivity contribution in [1.29, 1.82) is 0 Å². The number of Topliss-reactive ketones (excluding diaryl/α,β-unsaturated/α-hetero) is 1. The van der Waals surface area contributed by atoms with Crippen molar-refractivity contribution < 1.29 is 9.53 Å². The Labute approximate surface area is 140 Å². The normalized spacial score (nSPS) is 15.4. The van der Waals surface area contributed by atoms with Gasteiger partial charge in [0.2, 0.25) is 0 Å². The molecule has 0 spiro atoms. The Balaban J connectivity index is 1.84. The van der Waals surface area contributed by atoms with Crippen molar-refractivity contribution in [3.63, 3.8) is 0 Å². The summed E-state index contributed by atoms with van der Waals surface area (Å²) in [6.07, 6.45) is 9.33. The second kappa shape index (κ2) is 8.71.